The summed E-state index contributed by atoms with van der Waals surface area (Å²) in [6.07, 6.45) is 6.44. The number of hydrogen-bond donors (Lipinski definition) is 1. The zero-order chi connectivity index (χ0) is 20.5. The molecule has 1 fully saturated rings. The average Bonchev–Trinajstić information content (AvgIpc) is 2.77. The molecule has 0 bridgehead atoms. The monoisotopic (exact) mass is 394 g/mol. The number of carbonyl (C=O) groups is 1. The molecule has 0 spiro atoms. The van der Waals surface area contributed by atoms with Gasteiger partial charge in [-0.25, -0.2) is 0 Å². The number of benzene rings is 2. The van der Waals surface area contributed by atoms with E-state index < -0.39 is 0 Å². The van der Waals surface area contributed by atoms with E-state index >= 15 is 0 Å². The topological polar surface area (TPSA) is 80.6 Å². The maximum Gasteiger partial charge on any atom is 0.262 e. The molecule has 3 rings (SSSR count). The maximum atomic E-state index is 12.2. The highest BCUT2D eigenvalue weighted by Gasteiger charge is 2.14. The summed E-state index contributed by atoms with van der Waals surface area (Å²) >= 11 is 0. The molecule has 2 aromatic carbocycles. The number of carbonyl (C=O) groups excluding carboxylic acids is 1. The van der Waals surface area contributed by atoms with E-state index in [1.807, 2.05) is 30.3 Å². The van der Waals surface area contributed by atoms with Gasteiger partial charge in [-0.2, -0.15) is 5.26 Å². The molecule has 0 saturated heterocycles. The maximum absolute atomic E-state index is 12.2. The number of nitriles is 1. The van der Waals surface area contributed by atoms with Crippen molar-refractivity contribution in [3.63, 3.8) is 0 Å². The summed E-state index contributed by atoms with van der Waals surface area (Å²) in [5.74, 6) is 2.00. The van der Waals surface area contributed by atoms with E-state index in [0.29, 0.717) is 28.7 Å². The number of nitrogens with one attached hydrogen (secondary N) is 1. The van der Waals surface area contributed by atoms with Gasteiger partial charge in [0.1, 0.15) is 5.75 Å². The van der Waals surface area contributed by atoms with Crippen LogP contribution in [0.15, 0.2) is 42.5 Å². The summed E-state index contributed by atoms with van der Waals surface area (Å²) in [5, 5.41) is 11.7. The molecular formula is C23H26N2O4. The minimum absolute atomic E-state index is 0.164. The lowest BCUT2D eigenvalue weighted by Crippen LogP contribution is -2.20. The molecule has 1 saturated carbocycles. The minimum atomic E-state index is -0.285. The fourth-order valence-corrected chi connectivity index (χ4v) is 3.40. The summed E-state index contributed by atoms with van der Waals surface area (Å²) in [4.78, 5) is 12.2. The fraction of sp³-hybridized carbons (Fsp3) is 0.391. The van der Waals surface area contributed by atoms with Crippen molar-refractivity contribution in [3.8, 4) is 23.3 Å². The van der Waals surface area contributed by atoms with Crippen LogP contribution in [0.25, 0.3) is 0 Å². The second-order valence-corrected chi connectivity index (χ2v) is 7.15. The summed E-state index contributed by atoms with van der Waals surface area (Å²) in [6, 6.07) is 14.2. The molecule has 29 heavy (non-hydrogen) atoms. The third-order valence-electron chi connectivity index (χ3n) is 5.00. The van der Waals surface area contributed by atoms with E-state index in [1.54, 1.807) is 18.2 Å². The molecule has 0 heterocycles. The number of ether oxygens (including phenoxy) is 3. The smallest absolute Gasteiger partial charge is 0.262 e. The first-order valence-electron chi connectivity index (χ1n) is 9.91. The molecular weight excluding hydrogens is 368 g/mol. The molecule has 1 N–H and O–H groups in total. The lowest BCUT2D eigenvalue weighted by Gasteiger charge is -2.21. The Kier molecular flexibility index (Phi) is 7.34. The van der Waals surface area contributed by atoms with Crippen molar-refractivity contribution in [3.05, 3.63) is 48.0 Å². The van der Waals surface area contributed by atoms with E-state index in [-0.39, 0.29) is 12.5 Å². The molecule has 1 amide bonds. The van der Waals surface area contributed by atoms with Gasteiger partial charge in [-0.3, -0.25) is 4.79 Å². The van der Waals surface area contributed by atoms with Gasteiger partial charge in [-0.05, 0) is 55.2 Å². The SMILES string of the molecule is COc1cc(C#N)ccc1OCC(=O)Nc1ccc(OCC2CCCCC2)cc1. The molecule has 1 aliphatic rings. The van der Waals surface area contributed by atoms with Gasteiger partial charge in [0.2, 0.25) is 0 Å². The number of rotatable bonds is 8. The first-order chi connectivity index (χ1) is 14.2. The molecule has 6 nitrogen and oxygen atoms in total. The zero-order valence-electron chi connectivity index (χ0n) is 16.6. The Balaban J connectivity index is 1.46. The predicted molar refractivity (Wildman–Crippen MR) is 110 cm³/mol. The van der Waals surface area contributed by atoms with Gasteiger partial charge in [-0.1, -0.05) is 19.3 Å². The molecule has 0 atom stereocenters. The number of nitrogens with zero attached hydrogens (tertiary/aromatic N) is 1. The van der Waals surface area contributed by atoms with Crippen molar-refractivity contribution in [2.75, 3.05) is 25.6 Å². The van der Waals surface area contributed by atoms with Crippen LogP contribution in [0, 0.1) is 17.2 Å². The van der Waals surface area contributed by atoms with E-state index in [0.717, 1.165) is 12.4 Å². The van der Waals surface area contributed by atoms with Gasteiger partial charge in [-0.15, -0.1) is 0 Å². The first kappa shape index (κ1) is 20.5. The van der Waals surface area contributed by atoms with E-state index in [9.17, 15) is 4.79 Å². The third kappa shape index (κ3) is 6.15. The fourth-order valence-electron chi connectivity index (χ4n) is 3.40. The quantitative estimate of drug-likeness (QED) is 0.711. The molecule has 152 valence electrons. The lowest BCUT2D eigenvalue weighted by atomic mass is 9.90. The van der Waals surface area contributed by atoms with Gasteiger partial charge < -0.3 is 19.5 Å². The Hall–Kier alpha value is -3.20. The van der Waals surface area contributed by atoms with Gasteiger partial charge in [0.25, 0.3) is 5.91 Å². The summed E-state index contributed by atoms with van der Waals surface area (Å²) in [6.45, 7) is 0.591. The first-order valence-corrected chi connectivity index (χ1v) is 9.91. The Labute approximate surface area is 171 Å². The summed E-state index contributed by atoms with van der Waals surface area (Å²) < 4.78 is 16.6. The van der Waals surface area contributed by atoms with Crippen molar-refractivity contribution in [1.29, 1.82) is 5.26 Å². The van der Waals surface area contributed by atoms with Gasteiger partial charge in [0, 0.05) is 11.8 Å². The van der Waals surface area contributed by atoms with Crippen LogP contribution in [0.2, 0.25) is 0 Å². The molecule has 0 aliphatic heterocycles. The largest absolute Gasteiger partial charge is 0.493 e. The molecule has 0 unspecified atom stereocenters. The van der Waals surface area contributed by atoms with Crippen LogP contribution in [-0.4, -0.2) is 26.2 Å². The van der Waals surface area contributed by atoms with Crippen molar-refractivity contribution >= 4 is 11.6 Å². The third-order valence-corrected chi connectivity index (χ3v) is 5.00. The highest BCUT2D eigenvalue weighted by Crippen LogP contribution is 2.28. The van der Waals surface area contributed by atoms with E-state index in [2.05, 4.69) is 5.32 Å². The number of methoxy groups -OCH3 is 1. The molecule has 0 radical (unpaired) electrons. The standard InChI is InChI=1S/C23H26N2O4/c1-27-22-13-18(14-24)7-12-21(22)29-16-23(26)25-19-8-10-20(11-9-19)28-15-17-5-3-2-4-6-17/h7-13,17H,2-6,15-16H2,1H3,(H,25,26). The van der Waals surface area contributed by atoms with Crippen LogP contribution in [0.1, 0.15) is 37.7 Å². The Bertz CT molecular complexity index is 852. The van der Waals surface area contributed by atoms with Crippen LogP contribution < -0.4 is 19.5 Å². The molecule has 0 aromatic heterocycles. The second-order valence-electron chi connectivity index (χ2n) is 7.15. The predicted octanol–water partition coefficient (Wildman–Crippen LogP) is 4.54. The Morgan fingerprint density at radius 3 is 2.52 bits per heavy atom. The Morgan fingerprint density at radius 2 is 1.83 bits per heavy atom. The highest BCUT2D eigenvalue weighted by molar-refractivity contribution is 5.91. The molecule has 1 aliphatic carbocycles. The van der Waals surface area contributed by atoms with Crippen LogP contribution in [0.3, 0.4) is 0 Å². The number of amides is 1. The minimum Gasteiger partial charge on any atom is -0.493 e. The van der Waals surface area contributed by atoms with Crippen molar-refractivity contribution in [2.45, 2.75) is 32.1 Å². The normalized spacial score (nSPS) is 13.9. The van der Waals surface area contributed by atoms with Crippen LogP contribution in [-0.2, 0) is 4.79 Å². The van der Waals surface area contributed by atoms with Crippen LogP contribution in [0.5, 0.6) is 17.2 Å². The summed E-state index contributed by atoms with van der Waals surface area (Å²) in [7, 11) is 1.49. The van der Waals surface area contributed by atoms with Crippen molar-refractivity contribution in [1.82, 2.24) is 0 Å². The highest BCUT2D eigenvalue weighted by atomic mass is 16.5. The lowest BCUT2D eigenvalue weighted by molar-refractivity contribution is -0.118. The molecule has 6 heteroatoms. The summed E-state index contributed by atoms with van der Waals surface area (Å²) in [5.41, 5.74) is 1.14. The van der Waals surface area contributed by atoms with E-state index in [1.165, 1.54) is 39.2 Å². The van der Waals surface area contributed by atoms with E-state index in [4.69, 9.17) is 19.5 Å². The molecule has 2 aromatic rings. The van der Waals surface area contributed by atoms with Crippen molar-refractivity contribution < 1.29 is 19.0 Å². The Morgan fingerprint density at radius 1 is 1.07 bits per heavy atom. The number of hydrogen-bond acceptors (Lipinski definition) is 5. The zero-order valence-corrected chi connectivity index (χ0v) is 16.6. The van der Waals surface area contributed by atoms with Gasteiger partial charge in [0.05, 0.1) is 25.3 Å². The van der Waals surface area contributed by atoms with Gasteiger partial charge in [0.15, 0.2) is 18.1 Å². The van der Waals surface area contributed by atoms with Gasteiger partial charge >= 0.3 is 0 Å². The van der Waals surface area contributed by atoms with Crippen LogP contribution >= 0.6 is 0 Å². The van der Waals surface area contributed by atoms with Crippen molar-refractivity contribution in [2.24, 2.45) is 5.92 Å². The van der Waals surface area contributed by atoms with Crippen LogP contribution in [0.4, 0.5) is 5.69 Å². The second kappa shape index (κ2) is 10.4. The average molecular weight is 394 g/mol. The number of anilines is 1.